The highest BCUT2D eigenvalue weighted by Crippen LogP contribution is 2.30. The van der Waals surface area contributed by atoms with Crippen LogP contribution in [0.25, 0.3) is 9.40 Å². The van der Waals surface area contributed by atoms with E-state index in [0.717, 1.165) is 9.40 Å². The van der Waals surface area contributed by atoms with E-state index in [1.807, 2.05) is 17.5 Å². The lowest BCUT2D eigenvalue weighted by Gasteiger charge is -1.95. The molecule has 4 nitrogen and oxygen atoms in total. The van der Waals surface area contributed by atoms with Gasteiger partial charge in [-0.05, 0) is 17.5 Å². The van der Waals surface area contributed by atoms with Crippen molar-refractivity contribution < 1.29 is 14.7 Å². The van der Waals surface area contributed by atoms with E-state index >= 15 is 0 Å². The summed E-state index contributed by atoms with van der Waals surface area (Å²) in [6.45, 7) is 0. The van der Waals surface area contributed by atoms with Crippen molar-refractivity contribution in [2.75, 3.05) is 7.11 Å². The van der Waals surface area contributed by atoms with Gasteiger partial charge in [0.2, 0.25) is 5.71 Å². The molecule has 0 atom stereocenters. The number of rotatable bonds is 3. The summed E-state index contributed by atoms with van der Waals surface area (Å²) in [5, 5.41) is 14.4. The van der Waals surface area contributed by atoms with Crippen LogP contribution >= 0.6 is 22.7 Å². The van der Waals surface area contributed by atoms with Crippen LogP contribution in [-0.4, -0.2) is 23.9 Å². The van der Waals surface area contributed by atoms with E-state index in [2.05, 4.69) is 9.99 Å². The Morgan fingerprint density at radius 1 is 1.53 bits per heavy atom. The molecule has 0 aliphatic rings. The summed E-state index contributed by atoms with van der Waals surface area (Å²) in [5.41, 5.74) is -0.0501. The lowest BCUT2D eigenvalue weighted by molar-refractivity contribution is -0.129. The Morgan fingerprint density at radius 2 is 2.33 bits per heavy atom. The number of hydrogen-bond donors (Lipinski definition) is 1. The van der Waals surface area contributed by atoms with E-state index in [9.17, 15) is 4.79 Å². The standard InChI is InChI=1S/C9H7NO3S2/c1-13-10-8(9(11)12)7-4-6-5(15-7)2-3-14-6/h2-4H,1H3,(H,11,12). The Balaban J connectivity index is 2.48. The monoisotopic (exact) mass is 241 g/mol. The summed E-state index contributed by atoms with van der Waals surface area (Å²) in [4.78, 5) is 16.0. The zero-order chi connectivity index (χ0) is 10.8. The van der Waals surface area contributed by atoms with Crippen LogP contribution in [0.1, 0.15) is 4.88 Å². The SMILES string of the molecule is CON=C(C(=O)O)c1cc2sccc2s1. The van der Waals surface area contributed by atoms with Crippen LogP contribution < -0.4 is 0 Å². The Hall–Kier alpha value is -1.40. The normalized spacial score (nSPS) is 11.9. The molecular formula is C9H7NO3S2. The molecule has 0 aromatic carbocycles. The van der Waals surface area contributed by atoms with Gasteiger partial charge in [-0.25, -0.2) is 4.79 Å². The molecule has 2 aromatic heterocycles. The van der Waals surface area contributed by atoms with E-state index in [4.69, 9.17) is 5.11 Å². The smallest absolute Gasteiger partial charge is 0.359 e. The van der Waals surface area contributed by atoms with Crippen molar-refractivity contribution in [3.8, 4) is 0 Å². The lowest BCUT2D eigenvalue weighted by atomic mass is 10.3. The molecule has 0 saturated carbocycles. The fourth-order valence-corrected chi connectivity index (χ4v) is 3.24. The summed E-state index contributed by atoms with van der Waals surface area (Å²) >= 11 is 2.98. The van der Waals surface area contributed by atoms with Crippen LogP contribution in [0.3, 0.4) is 0 Å². The number of carboxylic acids is 1. The van der Waals surface area contributed by atoms with Gasteiger partial charge in [0.25, 0.3) is 0 Å². The molecule has 0 spiro atoms. The number of fused-ring (bicyclic) bond motifs is 1. The summed E-state index contributed by atoms with van der Waals surface area (Å²) in [7, 11) is 1.33. The molecule has 0 aliphatic carbocycles. The molecule has 2 aromatic rings. The zero-order valence-corrected chi connectivity index (χ0v) is 9.39. The molecule has 0 bridgehead atoms. The van der Waals surface area contributed by atoms with Crippen LogP contribution in [0.15, 0.2) is 22.7 Å². The highest BCUT2D eigenvalue weighted by atomic mass is 32.1. The molecule has 1 N–H and O–H groups in total. The van der Waals surface area contributed by atoms with Gasteiger partial charge in [-0.15, -0.1) is 22.7 Å². The Morgan fingerprint density at radius 3 is 2.93 bits per heavy atom. The Bertz CT molecular complexity index is 498. The van der Waals surface area contributed by atoms with Gasteiger partial charge in [0.15, 0.2) is 0 Å². The quantitative estimate of drug-likeness (QED) is 0.663. The summed E-state index contributed by atoms with van der Waals surface area (Å²) in [6.07, 6.45) is 0. The highest BCUT2D eigenvalue weighted by molar-refractivity contribution is 7.28. The van der Waals surface area contributed by atoms with Crippen molar-refractivity contribution in [3.05, 3.63) is 22.4 Å². The molecule has 2 rings (SSSR count). The third-order valence-electron chi connectivity index (χ3n) is 1.76. The molecule has 0 aliphatic heterocycles. The van der Waals surface area contributed by atoms with E-state index in [1.165, 1.54) is 18.4 Å². The van der Waals surface area contributed by atoms with Crippen molar-refractivity contribution in [1.82, 2.24) is 0 Å². The minimum atomic E-state index is -1.08. The van der Waals surface area contributed by atoms with Crippen LogP contribution in [0.2, 0.25) is 0 Å². The summed E-state index contributed by atoms with van der Waals surface area (Å²) in [6, 6.07) is 3.77. The zero-order valence-electron chi connectivity index (χ0n) is 7.76. The molecular weight excluding hydrogens is 234 g/mol. The van der Waals surface area contributed by atoms with Crippen molar-refractivity contribution in [2.24, 2.45) is 5.16 Å². The highest BCUT2D eigenvalue weighted by Gasteiger charge is 2.16. The Labute approximate surface area is 93.4 Å². The first-order valence-electron chi connectivity index (χ1n) is 4.04. The Kier molecular flexibility index (Phi) is 2.70. The molecule has 0 fully saturated rings. The van der Waals surface area contributed by atoms with Gasteiger partial charge >= 0.3 is 5.97 Å². The predicted octanol–water partition coefficient (Wildman–Crippen LogP) is 2.40. The number of aliphatic carboxylic acids is 1. The largest absolute Gasteiger partial charge is 0.476 e. The van der Waals surface area contributed by atoms with Crippen LogP contribution in [0.5, 0.6) is 0 Å². The van der Waals surface area contributed by atoms with Gasteiger partial charge < -0.3 is 9.94 Å². The van der Waals surface area contributed by atoms with Crippen molar-refractivity contribution in [3.63, 3.8) is 0 Å². The molecule has 0 radical (unpaired) electrons. The van der Waals surface area contributed by atoms with Gasteiger partial charge in [-0.2, -0.15) is 0 Å². The minimum Gasteiger partial charge on any atom is -0.476 e. The molecule has 0 amide bonds. The molecule has 0 saturated heterocycles. The number of carboxylic acid groups (broad SMARTS) is 1. The average Bonchev–Trinajstić information content (AvgIpc) is 2.72. The topological polar surface area (TPSA) is 58.9 Å². The second-order valence-electron chi connectivity index (χ2n) is 2.69. The first kappa shape index (κ1) is 10.1. The second-order valence-corrected chi connectivity index (χ2v) is 4.72. The first-order chi connectivity index (χ1) is 7.22. The maximum Gasteiger partial charge on any atom is 0.359 e. The average molecular weight is 241 g/mol. The number of nitrogens with zero attached hydrogens (tertiary/aromatic N) is 1. The van der Waals surface area contributed by atoms with E-state index < -0.39 is 5.97 Å². The maximum absolute atomic E-state index is 10.9. The second kappa shape index (κ2) is 4.00. The van der Waals surface area contributed by atoms with Crippen LogP contribution in [0, 0.1) is 0 Å². The maximum atomic E-state index is 10.9. The third kappa shape index (κ3) is 1.86. The van der Waals surface area contributed by atoms with Crippen LogP contribution in [0.4, 0.5) is 0 Å². The first-order valence-corrected chi connectivity index (χ1v) is 5.74. The predicted molar refractivity (Wildman–Crippen MR) is 60.9 cm³/mol. The van der Waals surface area contributed by atoms with Gasteiger partial charge in [0.1, 0.15) is 7.11 Å². The summed E-state index contributed by atoms with van der Waals surface area (Å²) < 4.78 is 2.14. The fraction of sp³-hybridized carbons (Fsp3) is 0.111. The van der Waals surface area contributed by atoms with Gasteiger partial charge in [-0.1, -0.05) is 5.16 Å². The minimum absolute atomic E-state index is 0.0501. The molecule has 0 unspecified atom stereocenters. The number of thiophene rings is 2. The van der Waals surface area contributed by atoms with Crippen LogP contribution in [-0.2, 0) is 9.63 Å². The van der Waals surface area contributed by atoms with E-state index in [1.54, 1.807) is 11.3 Å². The van der Waals surface area contributed by atoms with Gasteiger partial charge in [0, 0.05) is 9.40 Å². The van der Waals surface area contributed by atoms with Gasteiger partial charge in [-0.3, -0.25) is 0 Å². The van der Waals surface area contributed by atoms with Gasteiger partial charge in [0.05, 0.1) is 4.88 Å². The number of hydrogen-bond acceptors (Lipinski definition) is 5. The lowest BCUT2D eigenvalue weighted by Crippen LogP contribution is -2.13. The summed E-state index contributed by atoms with van der Waals surface area (Å²) in [5.74, 6) is -1.08. The molecule has 15 heavy (non-hydrogen) atoms. The molecule has 2 heterocycles. The van der Waals surface area contributed by atoms with Crippen molar-refractivity contribution in [1.29, 1.82) is 0 Å². The molecule has 6 heteroatoms. The number of carbonyl (C=O) groups is 1. The van der Waals surface area contributed by atoms with E-state index in [-0.39, 0.29) is 5.71 Å². The fourth-order valence-electron chi connectivity index (χ4n) is 1.16. The third-order valence-corrected chi connectivity index (χ3v) is 3.86. The van der Waals surface area contributed by atoms with Crippen molar-refractivity contribution >= 4 is 43.8 Å². The van der Waals surface area contributed by atoms with Crippen molar-refractivity contribution in [2.45, 2.75) is 0 Å². The number of oxime groups is 1. The van der Waals surface area contributed by atoms with E-state index in [0.29, 0.717) is 4.88 Å². The molecule has 78 valence electrons.